The average Bonchev–Trinajstić information content (AvgIpc) is 2.82. The van der Waals surface area contributed by atoms with Crippen LogP contribution in [0.3, 0.4) is 0 Å². The normalized spacial score (nSPS) is 19.4. The number of rotatable bonds is 5. The monoisotopic (exact) mass is 262 g/mol. The maximum atomic E-state index is 12.3. The van der Waals surface area contributed by atoms with E-state index in [0.29, 0.717) is 5.56 Å². The van der Waals surface area contributed by atoms with Gasteiger partial charge in [-0.05, 0) is 32.5 Å². The summed E-state index contributed by atoms with van der Waals surface area (Å²) in [5.41, 5.74) is 1.49. The van der Waals surface area contributed by atoms with Crippen molar-refractivity contribution in [1.82, 2.24) is 15.2 Å². The molecule has 0 radical (unpaired) electrons. The van der Waals surface area contributed by atoms with Crippen molar-refractivity contribution in [2.75, 3.05) is 32.0 Å². The van der Waals surface area contributed by atoms with Crippen LogP contribution in [0.4, 0.5) is 5.69 Å². The molecule has 0 saturated carbocycles. The lowest BCUT2D eigenvalue weighted by Crippen LogP contribution is -2.36. The Labute approximate surface area is 114 Å². The Bertz CT molecular complexity index is 435. The Morgan fingerprint density at radius 2 is 2.42 bits per heavy atom. The molecule has 5 nitrogen and oxygen atoms in total. The molecule has 2 heterocycles. The molecule has 104 valence electrons. The van der Waals surface area contributed by atoms with Crippen molar-refractivity contribution in [3.63, 3.8) is 0 Å². The summed E-state index contributed by atoms with van der Waals surface area (Å²) in [4.78, 5) is 18.6. The molecular formula is C14H22N4O. The van der Waals surface area contributed by atoms with E-state index in [1.807, 2.05) is 0 Å². The van der Waals surface area contributed by atoms with Crippen LogP contribution in [-0.4, -0.2) is 48.5 Å². The van der Waals surface area contributed by atoms with Crippen molar-refractivity contribution in [3.8, 4) is 0 Å². The Kier molecular flexibility index (Phi) is 4.74. The summed E-state index contributed by atoms with van der Waals surface area (Å²) < 4.78 is 0. The van der Waals surface area contributed by atoms with Crippen LogP contribution in [-0.2, 0) is 0 Å². The van der Waals surface area contributed by atoms with E-state index in [1.54, 1.807) is 18.5 Å². The number of anilines is 1. The SMILES string of the molecule is CCCNc1cnccc1C(=O)NC1CCN(C)C1. The molecule has 0 aliphatic carbocycles. The van der Waals surface area contributed by atoms with E-state index in [1.165, 1.54) is 0 Å². The third kappa shape index (κ3) is 3.67. The molecule has 5 heteroatoms. The molecular weight excluding hydrogens is 240 g/mol. The smallest absolute Gasteiger partial charge is 0.253 e. The highest BCUT2D eigenvalue weighted by atomic mass is 16.1. The molecule has 0 aromatic carbocycles. The Balaban J connectivity index is 2.01. The number of hydrogen-bond donors (Lipinski definition) is 2. The topological polar surface area (TPSA) is 57.3 Å². The number of aromatic nitrogens is 1. The molecule has 1 aliphatic rings. The number of hydrogen-bond acceptors (Lipinski definition) is 4. The molecule has 1 fully saturated rings. The van der Waals surface area contributed by atoms with Gasteiger partial charge in [0.2, 0.25) is 0 Å². The molecule has 1 aliphatic heterocycles. The number of pyridine rings is 1. The predicted molar refractivity (Wildman–Crippen MR) is 76.4 cm³/mol. The Hall–Kier alpha value is -1.62. The summed E-state index contributed by atoms with van der Waals surface area (Å²) in [6, 6.07) is 2.02. The van der Waals surface area contributed by atoms with Gasteiger partial charge in [0.15, 0.2) is 0 Å². The van der Waals surface area contributed by atoms with Gasteiger partial charge in [0.1, 0.15) is 0 Å². The van der Waals surface area contributed by atoms with Gasteiger partial charge in [-0.1, -0.05) is 6.92 Å². The van der Waals surface area contributed by atoms with Gasteiger partial charge in [-0.2, -0.15) is 0 Å². The van der Waals surface area contributed by atoms with Crippen molar-refractivity contribution < 1.29 is 4.79 Å². The third-order valence-electron chi connectivity index (χ3n) is 3.36. The van der Waals surface area contributed by atoms with E-state index in [4.69, 9.17) is 0 Å². The molecule has 19 heavy (non-hydrogen) atoms. The van der Waals surface area contributed by atoms with E-state index in [0.717, 1.165) is 38.2 Å². The molecule has 2 N–H and O–H groups in total. The molecule has 1 aromatic heterocycles. The first-order chi connectivity index (χ1) is 9.20. The summed E-state index contributed by atoms with van der Waals surface area (Å²) in [6.07, 6.45) is 5.41. The molecule has 1 atom stereocenters. The molecule has 1 unspecified atom stereocenters. The zero-order valence-corrected chi connectivity index (χ0v) is 11.6. The van der Waals surface area contributed by atoms with Crippen LogP contribution in [0.2, 0.25) is 0 Å². The summed E-state index contributed by atoms with van der Waals surface area (Å²) in [5, 5.41) is 6.34. The minimum atomic E-state index is -0.0127. The average molecular weight is 262 g/mol. The second-order valence-electron chi connectivity index (χ2n) is 5.07. The quantitative estimate of drug-likeness (QED) is 0.840. The molecule has 1 amide bonds. The second-order valence-corrected chi connectivity index (χ2v) is 5.07. The van der Waals surface area contributed by atoms with Gasteiger partial charge in [-0.3, -0.25) is 9.78 Å². The number of likely N-dealkylation sites (tertiary alicyclic amines) is 1. The number of nitrogens with zero attached hydrogens (tertiary/aromatic N) is 2. The molecule has 1 aromatic rings. The lowest BCUT2D eigenvalue weighted by Gasteiger charge is -2.15. The second kappa shape index (κ2) is 6.52. The predicted octanol–water partition coefficient (Wildman–Crippen LogP) is 1.34. The fourth-order valence-electron chi connectivity index (χ4n) is 2.31. The first-order valence-corrected chi connectivity index (χ1v) is 6.88. The van der Waals surface area contributed by atoms with Crippen molar-refractivity contribution in [1.29, 1.82) is 0 Å². The van der Waals surface area contributed by atoms with E-state index in [-0.39, 0.29) is 11.9 Å². The number of carbonyl (C=O) groups excluding carboxylic acids is 1. The maximum absolute atomic E-state index is 12.3. The lowest BCUT2D eigenvalue weighted by atomic mass is 10.2. The highest BCUT2D eigenvalue weighted by Crippen LogP contribution is 2.15. The van der Waals surface area contributed by atoms with E-state index >= 15 is 0 Å². The zero-order chi connectivity index (χ0) is 13.7. The van der Waals surface area contributed by atoms with Gasteiger partial charge in [0.25, 0.3) is 5.91 Å². The highest BCUT2D eigenvalue weighted by molar-refractivity contribution is 5.99. The van der Waals surface area contributed by atoms with Crippen molar-refractivity contribution in [2.24, 2.45) is 0 Å². The van der Waals surface area contributed by atoms with Crippen LogP contribution in [0, 0.1) is 0 Å². The fraction of sp³-hybridized carbons (Fsp3) is 0.571. The minimum absolute atomic E-state index is 0.0127. The number of nitrogens with one attached hydrogen (secondary N) is 2. The number of likely N-dealkylation sites (N-methyl/N-ethyl adjacent to an activating group) is 1. The van der Waals surface area contributed by atoms with E-state index in [9.17, 15) is 4.79 Å². The van der Waals surface area contributed by atoms with Crippen molar-refractivity contribution in [3.05, 3.63) is 24.0 Å². The van der Waals surface area contributed by atoms with Crippen LogP contribution in [0.1, 0.15) is 30.1 Å². The van der Waals surface area contributed by atoms with Gasteiger partial charge >= 0.3 is 0 Å². The van der Waals surface area contributed by atoms with Crippen LogP contribution < -0.4 is 10.6 Å². The molecule has 0 bridgehead atoms. The minimum Gasteiger partial charge on any atom is -0.383 e. The lowest BCUT2D eigenvalue weighted by molar-refractivity contribution is 0.0939. The first kappa shape index (κ1) is 13.8. The standard InChI is InChI=1S/C14H22N4O/c1-3-6-16-13-9-15-7-4-12(13)14(19)17-11-5-8-18(2)10-11/h4,7,9,11,16H,3,5-6,8,10H2,1-2H3,(H,17,19). The Morgan fingerprint density at radius 1 is 1.58 bits per heavy atom. The summed E-state index contributed by atoms with van der Waals surface area (Å²) in [7, 11) is 2.08. The highest BCUT2D eigenvalue weighted by Gasteiger charge is 2.22. The number of carbonyl (C=O) groups is 1. The number of amides is 1. The van der Waals surface area contributed by atoms with Gasteiger partial charge < -0.3 is 15.5 Å². The fourth-order valence-corrected chi connectivity index (χ4v) is 2.31. The van der Waals surface area contributed by atoms with Gasteiger partial charge in [0.05, 0.1) is 17.4 Å². The largest absolute Gasteiger partial charge is 0.383 e. The van der Waals surface area contributed by atoms with Gasteiger partial charge in [-0.25, -0.2) is 0 Å². The van der Waals surface area contributed by atoms with Crippen LogP contribution in [0.25, 0.3) is 0 Å². The van der Waals surface area contributed by atoms with Crippen LogP contribution >= 0.6 is 0 Å². The summed E-state index contributed by atoms with van der Waals surface area (Å²) in [5.74, 6) is -0.0127. The van der Waals surface area contributed by atoms with Crippen molar-refractivity contribution >= 4 is 11.6 Å². The Morgan fingerprint density at radius 3 is 3.11 bits per heavy atom. The maximum Gasteiger partial charge on any atom is 0.253 e. The zero-order valence-electron chi connectivity index (χ0n) is 11.6. The van der Waals surface area contributed by atoms with Gasteiger partial charge in [-0.15, -0.1) is 0 Å². The molecule has 1 saturated heterocycles. The van der Waals surface area contributed by atoms with E-state index < -0.39 is 0 Å². The molecule has 0 spiro atoms. The summed E-state index contributed by atoms with van der Waals surface area (Å²) >= 11 is 0. The van der Waals surface area contributed by atoms with Crippen molar-refractivity contribution in [2.45, 2.75) is 25.8 Å². The molecule has 2 rings (SSSR count). The first-order valence-electron chi connectivity index (χ1n) is 6.88. The van der Waals surface area contributed by atoms with Gasteiger partial charge in [0, 0.05) is 25.3 Å². The third-order valence-corrected chi connectivity index (χ3v) is 3.36. The van der Waals surface area contributed by atoms with Crippen LogP contribution in [0.5, 0.6) is 0 Å². The summed E-state index contributed by atoms with van der Waals surface area (Å²) in [6.45, 7) is 4.91. The van der Waals surface area contributed by atoms with E-state index in [2.05, 4.69) is 34.5 Å². The van der Waals surface area contributed by atoms with Crippen LogP contribution in [0.15, 0.2) is 18.5 Å².